The molecule has 4 heteroatoms. The Balaban J connectivity index is 1.56. The molecule has 2 bridgehead atoms. The van der Waals surface area contributed by atoms with Crippen molar-refractivity contribution in [3.63, 3.8) is 0 Å². The Hall–Kier alpha value is -0.350. The number of amides is 1. The molecule has 92 valence electrons. The molecule has 3 atom stereocenters. The fourth-order valence-electron chi connectivity index (χ4n) is 3.32. The van der Waals surface area contributed by atoms with Crippen molar-refractivity contribution in [3.8, 4) is 0 Å². The van der Waals surface area contributed by atoms with Gasteiger partial charge in [-0.2, -0.15) is 0 Å². The average Bonchev–Trinajstić information content (AvgIpc) is 3.01. The summed E-state index contributed by atoms with van der Waals surface area (Å²) in [5, 5.41) is 5.14. The molecule has 17 heavy (non-hydrogen) atoms. The molecule has 0 spiro atoms. The Morgan fingerprint density at radius 1 is 1.47 bits per heavy atom. The third-order valence-corrected chi connectivity index (χ3v) is 6.12. The van der Waals surface area contributed by atoms with Crippen molar-refractivity contribution in [2.45, 2.75) is 32.2 Å². The van der Waals surface area contributed by atoms with Crippen molar-refractivity contribution in [1.82, 2.24) is 5.32 Å². The molecule has 1 amide bonds. The van der Waals surface area contributed by atoms with Crippen molar-refractivity contribution in [2.24, 2.45) is 17.8 Å². The molecule has 0 aromatic carbocycles. The molecule has 0 aliphatic heterocycles. The first-order valence-electron chi connectivity index (χ1n) is 6.23. The van der Waals surface area contributed by atoms with E-state index in [-0.39, 0.29) is 5.91 Å². The zero-order valence-electron chi connectivity index (χ0n) is 9.62. The normalized spacial score (nSPS) is 30.8. The van der Waals surface area contributed by atoms with Gasteiger partial charge in [0.05, 0.1) is 6.54 Å². The number of fused-ring (bicyclic) bond motifs is 2. The van der Waals surface area contributed by atoms with Crippen molar-refractivity contribution in [3.05, 3.63) is 20.8 Å². The number of carbonyl (C=O) groups is 1. The SMILES string of the molecule is O=C(NCc1sccc1Br)C1CC2CCC1C2. The highest BCUT2D eigenvalue weighted by molar-refractivity contribution is 9.10. The Morgan fingerprint density at radius 2 is 2.35 bits per heavy atom. The van der Waals surface area contributed by atoms with Gasteiger partial charge in [0.15, 0.2) is 0 Å². The van der Waals surface area contributed by atoms with Gasteiger partial charge in [0.25, 0.3) is 0 Å². The van der Waals surface area contributed by atoms with E-state index in [4.69, 9.17) is 0 Å². The largest absolute Gasteiger partial charge is 0.351 e. The van der Waals surface area contributed by atoms with Crippen LogP contribution in [0.3, 0.4) is 0 Å². The summed E-state index contributed by atoms with van der Waals surface area (Å²) in [6.45, 7) is 0.672. The van der Waals surface area contributed by atoms with Gasteiger partial charge in [-0.15, -0.1) is 11.3 Å². The van der Waals surface area contributed by atoms with Gasteiger partial charge >= 0.3 is 0 Å². The van der Waals surface area contributed by atoms with E-state index in [2.05, 4.69) is 21.2 Å². The van der Waals surface area contributed by atoms with Crippen molar-refractivity contribution < 1.29 is 4.79 Å². The second kappa shape index (κ2) is 4.73. The summed E-state index contributed by atoms with van der Waals surface area (Å²) < 4.78 is 1.11. The number of nitrogens with one attached hydrogen (secondary N) is 1. The van der Waals surface area contributed by atoms with Gasteiger partial charge < -0.3 is 5.32 Å². The van der Waals surface area contributed by atoms with Crippen LogP contribution in [0.2, 0.25) is 0 Å². The van der Waals surface area contributed by atoms with E-state index < -0.39 is 0 Å². The summed E-state index contributed by atoms with van der Waals surface area (Å²) in [6.07, 6.45) is 5.04. The van der Waals surface area contributed by atoms with Gasteiger partial charge in [-0.3, -0.25) is 4.79 Å². The molecule has 1 N–H and O–H groups in total. The Kier molecular flexibility index (Phi) is 3.26. The molecule has 2 saturated carbocycles. The van der Waals surface area contributed by atoms with E-state index in [1.807, 2.05) is 11.4 Å². The van der Waals surface area contributed by atoms with E-state index in [1.54, 1.807) is 11.3 Å². The lowest BCUT2D eigenvalue weighted by Gasteiger charge is -2.20. The molecule has 0 saturated heterocycles. The molecule has 0 radical (unpaired) electrons. The van der Waals surface area contributed by atoms with E-state index in [0.29, 0.717) is 18.4 Å². The summed E-state index contributed by atoms with van der Waals surface area (Å²) in [7, 11) is 0. The zero-order chi connectivity index (χ0) is 11.8. The van der Waals surface area contributed by atoms with Crippen LogP contribution in [0, 0.1) is 17.8 Å². The molecule has 2 aliphatic carbocycles. The lowest BCUT2D eigenvalue weighted by atomic mass is 9.88. The monoisotopic (exact) mass is 313 g/mol. The summed E-state index contributed by atoms with van der Waals surface area (Å²) in [5.41, 5.74) is 0. The van der Waals surface area contributed by atoms with Crippen LogP contribution in [0.1, 0.15) is 30.6 Å². The quantitative estimate of drug-likeness (QED) is 0.908. The number of rotatable bonds is 3. The molecule has 2 aliphatic rings. The molecular weight excluding hydrogens is 298 g/mol. The fourth-order valence-corrected chi connectivity index (χ4v) is 4.75. The molecule has 1 aromatic rings. The van der Waals surface area contributed by atoms with E-state index in [9.17, 15) is 4.79 Å². The lowest BCUT2D eigenvalue weighted by Crippen LogP contribution is -2.33. The molecular formula is C13H16BrNOS. The predicted molar refractivity (Wildman–Crippen MR) is 72.8 cm³/mol. The van der Waals surface area contributed by atoms with Crippen molar-refractivity contribution in [2.75, 3.05) is 0 Å². The second-order valence-electron chi connectivity index (χ2n) is 5.19. The maximum atomic E-state index is 12.1. The maximum Gasteiger partial charge on any atom is 0.223 e. The highest BCUT2D eigenvalue weighted by Crippen LogP contribution is 2.48. The molecule has 3 rings (SSSR count). The Bertz CT molecular complexity index is 431. The van der Waals surface area contributed by atoms with Crippen LogP contribution in [0.4, 0.5) is 0 Å². The third kappa shape index (κ3) is 2.29. The summed E-state index contributed by atoms with van der Waals surface area (Å²) in [6, 6.07) is 2.03. The van der Waals surface area contributed by atoms with E-state index in [1.165, 1.54) is 24.1 Å². The first-order chi connectivity index (χ1) is 8.24. The topological polar surface area (TPSA) is 29.1 Å². The van der Waals surface area contributed by atoms with Crippen molar-refractivity contribution >= 4 is 33.2 Å². The number of hydrogen-bond acceptors (Lipinski definition) is 2. The van der Waals surface area contributed by atoms with Gasteiger partial charge in [0.2, 0.25) is 5.91 Å². The smallest absolute Gasteiger partial charge is 0.223 e. The third-order valence-electron chi connectivity index (χ3n) is 4.19. The van der Waals surface area contributed by atoms with Crippen LogP contribution in [-0.4, -0.2) is 5.91 Å². The molecule has 1 aromatic heterocycles. The number of carbonyl (C=O) groups excluding carboxylic acids is 1. The number of hydrogen-bond donors (Lipinski definition) is 1. The molecule has 1 heterocycles. The first kappa shape index (κ1) is 11.7. The molecule has 3 unspecified atom stereocenters. The predicted octanol–water partition coefficient (Wildman–Crippen LogP) is 3.56. The standard InChI is InChI=1S/C13H16BrNOS/c14-11-3-4-17-12(11)7-15-13(16)10-6-8-1-2-9(10)5-8/h3-4,8-10H,1-2,5-7H2,(H,15,16). The highest BCUT2D eigenvalue weighted by Gasteiger charge is 2.42. The molecule has 2 fully saturated rings. The highest BCUT2D eigenvalue weighted by atomic mass is 79.9. The van der Waals surface area contributed by atoms with Crippen LogP contribution >= 0.6 is 27.3 Å². The van der Waals surface area contributed by atoms with E-state index >= 15 is 0 Å². The van der Waals surface area contributed by atoms with Gasteiger partial charge in [0, 0.05) is 15.3 Å². The van der Waals surface area contributed by atoms with Gasteiger partial charge in [-0.25, -0.2) is 0 Å². The van der Waals surface area contributed by atoms with Gasteiger partial charge in [-0.1, -0.05) is 6.42 Å². The summed E-state index contributed by atoms with van der Waals surface area (Å²) in [5.74, 6) is 2.08. The van der Waals surface area contributed by atoms with Crippen molar-refractivity contribution in [1.29, 1.82) is 0 Å². The van der Waals surface area contributed by atoms with Crippen LogP contribution in [-0.2, 0) is 11.3 Å². The minimum atomic E-state index is 0.275. The van der Waals surface area contributed by atoms with Crippen LogP contribution in [0.15, 0.2) is 15.9 Å². The summed E-state index contributed by atoms with van der Waals surface area (Å²) >= 11 is 5.18. The first-order valence-corrected chi connectivity index (χ1v) is 7.91. The lowest BCUT2D eigenvalue weighted by molar-refractivity contribution is -0.126. The number of thiophene rings is 1. The van der Waals surface area contributed by atoms with Gasteiger partial charge in [0.1, 0.15) is 0 Å². The Morgan fingerprint density at radius 3 is 2.94 bits per heavy atom. The van der Waals surface area contributed by atoms with Crippen LogP contribution in [0.5, 0.6) is 0 Å². The number of halogens is 1. The van der Waals surface area contributed by atoms with Crippen LogP contribution < -0.4 is 5.32 Å². The maximum absolute atomic E-state index is 12.1. The van der Waals surface area contributed by atoms with Crippen LogP contribution in [0.25, 0.3) is 0 Å². The zero-order valence-corrected chi connectivity index (χ0v) is 12.0. The minimum Gasteiger partial charge on any atom is -0.351 e. The molecule has 2 nitrogen and oxygen atoms in total. The van der Waals surface area contributed by atoms with Gasteiger partial charge in [-0.05, 0) is 58.5 Å². The summed E-state index contributed by atoms with van der Waals surface area (Å²) in [4.78, 5) is 13.3. The average molecular weight is 314 g/mol. The van der Waals surface area contributed by atoms with E-state index in [0.717, 1.165) is 16.8 Å². The second-order valence-corrected chi connectivity index (χ2v) is 7.05. The fraction of sp³-hybridized carbons (Fsp3) is 0.615. The Labute approximate surface area is 114 Å². The minimum absolute atomic E-state index is 0.275.